The summed E-state index contributed by atoms with van der Waals surface area (Å²) >= 11 is 4.11. The van der Waals surface area contributed by atoms with Gasteiger partial charge in [-0.2, -0.15) is 0 Å². The van der Waals surface area contributed by atoms with Crippen molar-refractivity contribution in [3.8, 4) is 28.7 Å². The summed E-state index contributed by atoms with van der Waals surface area (Å²) in [6, 6.07) is 20.5. The van der Waals surface area contributed by atoms with Crippen molar-refractivity contribution in [3.05, 3.63) is 96.6 Å². The maximum absolute atomic E-state index is 11.3. The Morgan fingerprint density at radius 3 is 1.38 bits per heavy atom. The second-order valence-corrected chi connectivity index (χ2v) is 10.3. The highest BCUT2D eigenvalue weighted by Gasteiger charge is 2.27. The fourth-order valence-electron chi connectivity index (χ4n) is 4.43. The SMILES string of the molecule is Oc1c(I)cc(C(c2ccc3c(O)cccc3c2O)c2ccc3c(O)cccc3c2O)cc1I. The average Bonchev–Trinajstić information content (AvgIpc) is 2.81. The van der Waals surface area contributed by atoms with Gasteiger partial charge in [-0.15, -0.1) is 0 Å². The Hall–Kier alpha value is -2.92. The Morgan fingerprint density at radius 1 is 0.500 bits per heavy atom. The monoisotopic (exact) mass is 676 g/mol. The quantitative estimate of drug-likeness (QED) is 0.106. The summed E-state index contributed by atoms with van der Waals surface area (Å²) in [5.74, 6) is -0.314. The maximum atomic E-state index is 11.3. The summed E-state index contributed by atoms with van der Waals surface area (Å²) in [6.07, 6.45) is 0. The van der Waals surface area contributed by atoms with Gasteiger partial charge in [0.05, 0.1) is 7.14 Å². The van der Waals surface area contributed by atoms with Gasteiger partial charge < -0.3 is 25.5 Å². The molecular formula is C27H18I2O5. The third-order valence-electron chi connectivity index (χ3n) is 6.08. The lowest BCUT2D eigenvalue weighted by atomic mass is 9.82. The van der Waals surface area contributed by atoms with Crippen molar-refractivity contribution in [2.75, 3.05) is 0 Å². The molecule has 0 aromatic heterocycles. The Bertz CT molecular complexity index is 1480. The zero-order valence-electron chi connectivity index (χ0n) is 17.5. The lowest BCUT2D eigenvalue weighted by Crippen LogP contribution is -2.06. The predicted molar refractivity (Wildman–Crippen MR) is 149 cm³/mol. The number of hydrogen-bond acceptors (Lipinski definition) is 5. The molecule has 5 nitrogen and oxygen atoms in total. The van der Waals surface area contributed by atoms with Gasteiger partial charge in [-0.1, -0.05) is 48.5 Å². The number of halogens is 2. The number of phenolic OH excluding ortho intramolecular Hbond substituents is 5. The first-order valence-electron chi connectivity index (χ1n) is 10.3. The van der Waals surface area contributed by atoms with Crippen molar-refractivity contribution >= 4 is 66.7 Å². The highest BCUT2D eigenvalue weighted by Crippen LogP contribution is 2.47. The summed E-state index contributed by atoms with van der Waals surface area (Å²) in [5, 5.41) is 55.5. The highest BCUT2D eigenvalue weighted by molar-refractivity contribution is 14.1. The minimum Gasteiger partial charge on any atom is -0.507 e. The van der Waals surface area contributed by atoms with Crippen molar-refractivity contribution in [1.29, 1.82) is 0 Å². The third-order valence-corrected chi connectivity index (χ3v) is 7.72. The molecule has 5 aromatic rings. The molecule has 0 aliphatic rings. The first-order chi connectivity index (χ1) is 16.3. The molecule has 7 heteroatoms. The van der Waals surface area contributed by atoms with Crippen molar-refractivity contribution in [1.82, 2.24) is 0 Å². The van der Waals surface area contributed by atoms with Gasteiger partial charge in [-0.25, -0.2) is 0 Å². The van der Waals surface area contributed by atoms with Gasteiger partial charge in [0, 0.05) is 38.6 Å². The van der Waals surface area contributed by atoms with Gasteiger partial charge in [0.2, 0.25) is 0 Å². The summed E-state index contributed by atoms with van der Waals surface area (Å²) < 4.78 is 1.28. The van der Waals surface area contributed by atoms with E-state index in [1.807, 2.05) is 12.1 Å². The second kappa shape index (κ2) is 8.70. The van der Waals surface area contributed by atoms with Gasteiger partial charge in [-0.3, -0.25) is 0 Å². The van der Waals surface area contributed by atoms with Crippen molar-refractivity contribution in [3.63, 3.8) is 0 Å². The Balaban J connectivity index is 1.85. The topological polar surface area (TPSA) is 101 Å². The Kier molecular flexibility index (Phi) is 5.85. The number of hydrogen-bond donors (Lipinski definition) is 5. The Morgan fingerprint density at radius 2 is 0.941 bits per heavy atom. The molecular weight excluding hydrogens is 658 g/mol. The van der Waals surface area contributed by atoms with Crippen LogP contribution in [-0.4, -0.2) is 25.5 Å². The third kappa shape index (κ3) is 3.67. The molecule has 5 aromatic carbocycles. The van der Waals surface area contributed by atoms with E-state index in [4.69, 9.17) is 0 Å². The number of fused-ring (bicyclic) bond motifs is 2. The molecule has 5 rings (SSSR count). The first kappa shape index (κ1) is 22.9. The van der Waals surface area contributed by atoms with Gasteiger partial charge in [0.15, 0.2) is 0 Å². The molecule has 0 amide bonds. The molecule has 0 radical (unpaired) electrons. The van der Waals surface area contributed by atoms with Crippen LogP contribution in [0.2, 0.25) is 0 Å². The van der Waals surface area contributed by atoms with Crippen LogP contribution in [0.5, 0.6) is 28.7 Å². The molecule has 5 N–H and O–H groups in total. The predicted octanol–water partition coefficient (Wildman–Crippen LogP) is 6.91. The zero-order chi connectivity index (χ0) is 24.1. The van der Waals surface area contributed by atoms with Crippen LogP contribution in [0.25, 0.3) is 21.5 Å². The van der Waals surface area contributed by atoms with Crippen LogP contribution in [-0.2, 0) is 0 Å². The van der Waals surface area contributed by atoms with Crippen LogP contribution in [0.3, 0.4) is 0 Å². The van der Waals surface area contributed by atoms with Crippen LogP contribution in [0.1, 0.15) is 22.6 Å². The van der Waals surface area contributed by atoms with Crippen LogP contribution >= 0.6 is 45.2 Å². The normalized spacial score (nSPS) is 11.5. The van der Waals surface area contributed by atoms with Crippen LogP contribution in [0.4, 0.5) is 0 Å². The van der Waals surface area contributed by atoms with E-state index in [1.165, 1.54) is 0 Å². The molecule has 0 unspecified atom stereocenters. The molecule has 0 aliphatic heterocycles. The number of aromatic hydroxyl groups is 5. The molecule has 170 valence electrons. The molecule has 0 aliphatic carbocycles. The smallest absolute Gasteiger partial charge is 0.142 e. The highest BCUT2D eigenvalue weighted by atomic mass is 127. The standard InChI is InChI=1S/C27H18I2O5/c28-20-11-13(12-21(29)27(20)34)24(18-9-7-14-16(25(18)32)3-1-5-22(14)30)19-10-8-15-17(26(19)33)4-2-6-23(15)31/h1-12,24,30-34H. The average molecular weight is 676 g/mol. The minimum absolute atomic E-state index is 0.00750. The van der Waals surface area contributed by atoms with Crippen LogP contribution < -0.4 is 0 Å². The summed E-state index contributed by atoms with van der Waals surface area (Å²) in [4.78, 5) is 0. The fourth-order valence-corrected chi connectivity index (χ4v) is 6.25. The Labute approximate surface area is 222 Å². The molecule has 0 spiro atoms. The summed E-state index contributed by atoms with van der Waals surface area (Å²) in [5.41, 5.74) is 1.83. The molecule has 34 heavy (non-hydrogen) atoms. The van der Waals surface area contributed by atoms with Gasteiger partial charge >= 0.3 is 0 Å². The summed E-state index contributed by atoms with van der Waals surface area (Å²) in [7, 11) is 0. The lowest BCUT2D eigenvalue weighted by Gasteiger charge is -2.23. The van der Waals surface area contributed by atoms with Crippen molar-refractivity contribution in [2.45, 2.75) is 5.92 Å². The van der Waals surface area contributed by atoms with E-state index in [0.29, 0.717) is 39.8 Å². The van der Waals surface area contributed by atoms with E-state index in [0.717, 1.165) is 5.56 Å². The number of rotatable bonds is 3. The van der Waals surface area contributed by atoms with Gasteiger partial charge in [-0.05, 0) is 75.0 Å². The van der Waals surface area contributed by atoms with Crippen LogP contribution in [0, 0.1) is 7.14 Å². The van der Waals surface area contributed by atoms with Crippen molar-refractivity contribution < 1.29 is 25.5 Å². The summed E-state index contributed by atoms with van der Waals surface area (Å²) in [6.45, 7) is 0. The molecule has 0 saturated carbocycles. The minimum atomic E-state index is -0.596. The molecule has 0 bridgehead atoms. The number of phenols is 5. The van der Waals surface area contributed by atoms with E-state index < -0.39 is 5.92 Å². The van der Waals surface area contributed by atoms with E-state index in [1.54, 1.807) is 60.7 Å². The first-order valence-corrected chi connectivity index (χ1v) is 12.5. The molecule has 0 saturated heterocycles. The van der Waals surface area contributed by atoms with Gasteiger partial charge in [0.1, 0.15) is 28.7 Å². The van der Waals surface area contributed by atoms with Crippen LogP contribution in [0.15, 0.2) is 72.8 Å². The molecule has 0 fully saturated rings. The fraction of sp³-hybridized carbons (Fsp3) is 0.0370. The number of benzene rings is 5. The zero-order valence-corrected chi connectivity index (χ0v) is 21.8. The van der Waals surface area contributed by atoms with E-state index in [9.17, 15) is 25.5 Å². The van der Waals surface area contributed by atoms with Crippen molar-refractivity contribution in [2.24, 2.45) is 0 Å². The van der Waals surface area contributed by atoms with E-state index >= 15 is 0 Å². The lowest BCUT2D eigenvalue weighted by molar-refractivity contribution is 0.462. The van der Waals surface area contributed by atoms with E-state index in [-0.39, 0.29) is 28.7 Å². The van der Waals surface area contributed by atoms with Gasteiger partial charge in [0.25, 0.3) is 0 Å². The second-order valence-electron chi connectivity index (χ2n) is 8.02. The molecule has 0 atom stereocenters. The largest absolute Gasteiger partial charge is 0.507 e. The maximum Gasteiger partial charge on any atom is 0.142 e. The van der Waals surface area contributed by atoms with E-state index in [2.05, 4.69) is 45.2 Å². The molecule has 0 heterocycles.